The summed E-state index contributed by atoms with van der Waals surface area (Å²) >= 11 is 0. The van der Waals surface area contributed by atoms with Crippen LogP contribution in [0.25, 0.3) is 11.1 Å². The number of likely N-dealkylation sites (N-methyl/N-ethyl adjacent to an activating group) is 1. The van der Waals surface area contributed by atoms with Crippen LogP contribution in [0, 0.1) is 5.92 Å². The number of hydrogen-bond donors (Lipinski definition) is 2. The molecule has 2 aromatic carbocycles. The van der Waals surface area contributed by atoms with Crippen LogP contribution in [0.3, 0.4) is 0 Å². The van der Waals surface area contributed by atoms with Gasteiger partial charge in [0.05, 0.1) is 0 Å². The van der Waals surface area contributed by atoms with Crippen molar-refractivity contribution in [3.63, 3.8) is 0 Å². The number of rotatable bonds is 8. The van der Waals surface area contributed by atoms with Crippen molar-refractivity contribution in [1.29, 1.82) is 0 Å². The molecule has 0 aliphatic heterocycles. The third kappa shape index (κ3) is 4.90. The van der Waals surface area contributed by atoms with Gasteiger partial charge in [-0.3, -0.25) is 4.79 Å². The molecular formula is C28H34N2O5. The summed E-state index contributed by atoms with van der Waals surface area (Å²) < 4.78 is 5.69. The molecular weight excluding hydrogens is 444 g/mol. The zero-order valence-corrected chi connectivity index (χ0v) is 20.6. The van der Waals surface area contributed by atoms with Crippen LogP contribution < -0.4 is 5.32 Å². The van der Waals surface area contributed by atoms with E-state index < -0.39 is 17.6 Å². The molecule has 2 atom stereocenters. The summed E-state index contributed by atoms with van der Waals surface area (Å²) in [5, 5.41) is 12.5. The molecule has 4 rings (SSSR count). The maximum Gasteiger partial charge on any atom is 0.407 e. The number of nitrogens with zero attached hydrogens (tertiary/aromatic N) is 1. The zero-order chi connectivity index (χ0) is 25.2. The summed E-state index contributed by atoms with van der Waals surface area (Å²) in [4.78, 5) is 38.7. The predicted octanol–water partition coefficient (Wildman–Crippen LogP) is 4.80. The van der Waals surface area contributed by atoms with E-state index in [0.29, 0.717) is 6.54 Å². The topological polar surface area (TPSA) is 95.9 Å². The molecule has 7 heteroatoms. The SMILES string of the molecule is CCN(C(=O)CC1CCCC1NC(=O)OCC1c2ccccc2-c2ccccc21)C(C)(C)C(=O)O. The molecule has 2 aromatic rings. The summed E-state index contributed by atoms with van der Waals surface area (Å²) in [7, 11) is 0. The Morgan fingerprint density at radius 3 is 2.20 bits per heavy atom. The van der Waals surface area contributed by atoms with Gasteiger partial charge in [-0.15, -0.1) is 0 Å². The number of carboxylic acids is 1. The van der Waals surface area contributed by atoms with Crippen LogP contribution in [0.2, 0.25) is 0 Å². The van der Waals surface area contributed by atoms with Crippen LogP contribution in [-0.4, -0.2) is 52.7 Å². The van der Waals surface area contributed by atoms with Crippen LogP contribution in [-0.2, 0) is 14.3 Å². The minimum absolute atomic E-state index is 0.00883. The van der Waals surface area contributed by atoms with E-state index in [4.69, 9.17) is 4.74 Å². The highest BCUT2D eigenvalue weighted by Gasteiger charge is 2.39. The van der Waals surface area contributed by atoms with E-state index in [1.807, 2.05) is 24.3 Å². The van der Waals surface area contributed by atoms with Gasteiger partial charge in [-0.05, 0) is 61.8 Å². The van der Waals surface area contributed by atoms with E-state index in [1.54, 1.807) is 6.92 Å². The van der Waals surface area contributed by atoms with E-state index in [2.05, 4.69) is 29.6 Å². The van der Waals surface area contributed by atoms with Gasteiger partial charge in [-0.1, -0.05) is 55.0 Å². The lowest BCUT2D eigenvalue weighted by Crippen LogP contribution is -2.53. The standard InChI is InChI=1S/C28H34N2O5/c1-4-30(28(2,3)26(32)33)25(31)16-18-10-9-15-24(18)29-27(34)35-17-23-21-13-7-5-11-19(21)20-12-6-8-14-22(20)23/h5-8,11-14,18,23-24H,4,9-10,15-17H2,1-3H3,(H,29,34)(H,32,33). The zero-order valence-electron chi connectivity index (χ0n) is 20.6. The number of aliphatic carboxylic acids is 1. The molecule has 2 amide bonds. The summed E-state index contributed by atoms with van der Waals surface area (Å²) in [5.74, 6) is -1.29. The van der Waals surface area contributed by atoms with Crippen molar-refractivity contribution >= 4 is 18.0 Å². The summed E-state index contributed by atoms with van der Waals surface area (Å²) in [6, 6.07) is 16.2. The predicted molar refractivity (Wildman–Crippen MR) is 133 cm³/mol. The van der Waals surface area contributed by atoms with Crippen LogP contribution in [0.5, 0.6) is 0 Å². The third-order valence-electron chi connectivity index (χ3n) is 7.56. The van der Waals surface area contributed by atoms with Crippen molar-refractivity contribution in [3.8, 4) is 11.1 Å². The maximum atomic E-state index is 13.0. The van der Waals surface area contributed by atoms with Crippen molar-refractivity contribution in [2.45, 2.75) is 64.0 Å². The molecule has 35 heavy (non-hydrogen) atoms. The lowest BCUT2D eigenvalue weighted by Gasteiger charge is -2.35. The van der Waals surface area contributed by atoms with Gasteiger partial charge < -0.3 is 20.1 Å². The summed E-state index contributed by atoms with van der Waals surface area (Å²) in [6.45, 7) is 5.42. The Morgan fingerprint density at radius 1 is 1.03 bits per heavy atom. The fourth-order valence-corrected chi connectivity index (χ4v) is 5.60. The molecule has 0 heterocycles. The fraction of sp³-hybridized carbons (Fsp3) is 0.464. The first kappa shape index (κ1) is 24.8. The highest BCUT2D eigenvalue weighted by molar-refractivity contribution is 5.86. The fourth-order valence-electron chi connectivity index (χ4n) is 5.60. The van der Waals surface area contributed by atoms with Gasteiger partial charge >= 0.3 is 12.1 Å². The van der Waals surface area contributed by atoms with Crippen LogP contribution in [0.1, 0.15) is 63.5 Å². The molecule has 1 saturated carbocycles. The Morgan fingerprint density at radius 2 is 1.63 bits per heavy atom. The van der Waals surface area contributed by atoms with E-state index >= 15 is 0 Å². The van der Waals surface area contributed by atoms with Gasteiger partial charge in [0.1, 0.15) is 12.1 Å². The average molecular weight is 479 g/mol. The largest absolute Gasteiger partial charge is 0.480 e. The molecule has 0 saturated heterocycles. The second-order valence-corrected chi connectivity index (χ2v) is 9.97. The van der Waals surface area contributed by atoms with Crippen LogP contribution in [0.15, 0.2) is 48.5 Å². The minimum Gasteiger partial charge on any atom is -0.480 e. The van der Waals surface area contributed by atoms with Crippen molar-refractivity contribution in [1.82, 2.24) is 10.2 Å². The minimum atomic E-state index is -1.28. The van der Waals surface area contributed by atoms with Crippen LogP contribution in [0.4, 0.5) is 4.79 Å². The molecule has 0 bridgehead atoms. The number of benzene rings is 2. The number of amides is 2. The van der Waals surface area contributed by atoms with E-state index in [1.165, 1.54) is 29.9 Å². The second kappa shape index (κ2) is 10.1. The molecule has 186 valence electrons. The third-order valence-corrected chi connectivity index (χ3v) is 7.56. The highest BCUT2D eigenvalue weighted by Crippen LogP contribution is 2.44. The Hall–Kier alpha value is -3.35. The number of fused-ring (bicyclic) bond motifs is 3. The lowest BCUT2D eigenvalue weighted by molar-refractivity contribution is -0.157. The van der Waals surface area contributed by atoms with E-state index in [0.717, 1.165) is 30.4 Å². The molecule has 2 aliphatic rings. The van der Waals surface area contributed by atoms with E-state index in [-0.39, 0.29) is 36.8 Å². The van der Waals surface area contributed by atoms with Crippen LogP contribution >= 0.6 is 0 Å². The lowest BCUT2D eigenvalue weighted by atomic mass is 9.96. The first-order chi connectivity index (χ1) is 16.7. The molecule has 2 unspecified atom stereocenters. The number of carbonyl (C=O) groups excluding carboxylic acids is 2. The molecule has 7 nitrogen and oxygen atoms in total. The van der Waals surface area contributed by atoms with Gasteiger partial charge in [-0.25, -0.2) is 9.59 Å². The Kier molecular flexibility index (Phi) is 7.15. The van der Waals surface area contributed by atoms with E-state index in [9.17, 15) is 19.5 Å². The summed E-state index contributed by atoms with van der Waals surface area (Å²) in [5.41, 5.74) is 3.39. The molecule has 2 N–H and O–H groups in total. The Bertz CT molecular complexity index is 1070. The smallest absolute Gasteiger partial charge is 0.407 e. The maximum absolute atomic E-state index is 13.0. The number of alkyl carbamates (subject to hydrolysis) is 1. The molecule has 0 spiro atoms. The molecule has 2 aliphatic carbocycles. The number of nitrogens with one attached hydrogen (secondary N) is 1. The van der Waals surface area contributed by atoms with Crippen molar-refractivity contribution in [2.75, 3.05) is 13.2 Å². The van der Waals surface area contributed by atoms with Crippen molar-refractivity contribution in [3.05, 3.63) is 59.7 Å². The number of carboxylic acid groups (broad SMARTS) is 1. The second-order valence-electron chi connectivity index (χ2n) is 9.97. The first-order valence-electron chi connectivity index (χ1n) is 12.4. The normalized spacial score (nSPS) is 19.1. The summed E-state index contributed by atoms with van der Waals surface area (Å²) in [6.07, 6.45) is 2.22. The Balaban J connectivity index is 1.36. The quantitative estimate of drug-likeness (QED) is 0.568. The number of hydrogen-bond acceptors (Lipinski definition) is 4. The average Bonchev–Trinajstić information content (AvgIpc) is 3.39. The molecule has 1 fully saturated rings. The first-order valence-corrected chi connectivity index (χ1v) is 12.4. The van der Waals surface area contributed by atoms with Crippen molar-refractivity contribution < 1.29 is 24.2 Å². The molecule has 0 radical (unpaired) electrons. The van der Waals surface area contributed by atoms with Gasteiger partial charge in [0.2, 0.25) is 5.91 Å². The van der Waals surface area contributed by atoms with Gasteiger partial charge in [0.15, 0.2) is 0 Å². The molecule has 0 aromatic heterocycles. The number of ether oxygens (including phenoxy) is 1. The number of carbonyl (C=O) groups is 3. The van der Waals surface area contributed by atoms with Gasteiger partial charge in [-0.2, -0.15) is 0 Å². The van der Waals surface area contributed by atoms with Gasteiger partial charge in [0, 0.05) is 24.9 Å². The highest BCUT2D eigenvalue weighted by atomic mass is 16.5. The van der Waals surface area contributed by atoms with Crippen molar-refractivity contribution in [2.24, 2.45) is 5.92 Å². The Labute approximate surface area is 206 Å². The monoisotopic (exact) mass is 478 g/mol. The van der Waals surface area contributed by atoms with Gasteiger partial charge in [0.25, 0.3) is 0 Å².